The fourth-order valence-corrected chi connectivity index (χ4v) is 2.30. The highest BCUT2D eigenvalue weighted by Gasteiger charge is 2.07. The van der Waals surface area contributed by atoms with Crippen molar-refractivity contribution in [2.24, 2.45) is 0 Å². The Morgan fingerprint density at radius 2 is 1.70 bits per heavy atom. The van der Waals surface area contributed by atoms with E-state index in [9.17, 15) is 4.39 Å². The predicted molar refractivity (Wildman–Crippen MR) is 79.1 cm³/mol. The van der Waals surface area contributed by atoms with E-state index in [0.717, 1.165) is 5.56 Å². The number of hydrogen-bond donors (Lipinski definition) is 1. The van der Waals surface area contributed by atoms with E-state index < -0.39 is 0 Å². The predicted octanol–water partition coefficient (Wildman–Crippen LogP) is 4.23. The Hall–Kier alpha value is -2.34. The highest BCUT2D eigenvalue weighted by Crippen LogP contribution is 2.21. The molecule has 2 aromatic rings. The molecule has 0 unspecified atom stereocenters. The molecule has 0 fully saturated rings. The van der Waals surface area contributed by atoms with Gasteiger partial charge in [-0.3, -0.25) is 0 Å². The van der Waals surface area contributed by atoms with Crippen molar-refractivity contribution < 1.29 is 4.39 Å². The van der Waals surface area contributed by atoms with Crippen molar-refractivity contribution >= 4 is 5.69 Å². The third-order valence-electron chi connectivity index (χ3n) is 3.24. The summed E-state index contributed by atoms with van der Waals surface area (Å²) in [6, 6.07) is 11.2. The molecule has 0 aliphatic carbocycles. The Bertz CT molecular complexity index is 664. The van der Waals surface area contributed by atoms with Crippen molar-refractivity contribution in [1.82, 2.24) is 0 Å². The van der Waals surface area contributed by atoms with Crippen molar-refractivity contribution in [1.29, 1.82) is 5.26 Å². The van der Waals surface area contributed by atoms with Gasteiger partial charge in [-0.1, -0.05) is 29.3 Å². The first-order valence-corrected chi connectivity index (χ1v) is 6.51. The number of nitriles is 1. The van der Waals surface area contributed by atoms with Crippen molar-refractivity contribution in [3.63, 3.8) is 0 Å². The maximum absolute atomic E-state index is 13.7. The van der Waals surface area contributed by atoms with Crippen LogP contribution in [0.2, 0.25) is 0 Å². The van der Waals surface area contributed by atoms with E-state index in [1.165, 1.54) is 17.2 Å². The number of halogens is 1. The molecule has 2 aromatic carbocycles. The van der Waals surface area contributed by atoms with Crippen LogP contribution >= 0.6 is 0 Å². The van der Waals surface area contributed by atoms with Crippen molar-refractivity contribution in [2.75, 3.05) is 5.32 Å². The van der Waals surface area contributed by atoms with Crippen LogP contribution in [0.5, 0.6) is 0 Å². The number of anilines is 1. The van der Waals surface area contributed by atoms with Crippen molar-refractivity contribution in [2.45, 2.75) is 27.3 Å². The van der Waals surface area contributed by atoms with Gasteiger partial charge in [-0.2, -0.15) is 5.26 Å². The Kier molecular flexibility index (Phi) is 4.05. The van der Waals surface area contributed by atoms with Crippen LogP contribution in [0.1, 0.15) is 27.8 Å². The van der Waals surface area contributed by atoms with Gasteiger partial charge in [0.2, 0.25) is 0 Å². The van der Waals surface area contributed by atoms with E-state index in [1.54, 1.807) is 13.0 Å². The molecular formula is C17H17FN2. The molecule has 0 radical (unpaired) electrons. The average molecular weight is 268 g/mol. The molecule has 0 bridgehead atoms. The average Bonchev–Trinajstić information content (AvgIpc) is 2.39. The van der Waals surface area contributed by atoms with Crippen LogP contribution in [0.15, 0.2) is 30.3 Å². The monoisotopic (exact) mass is 268 g/mol. The number of rotatable bonds is 3. The fourth-order valence-electron chi connectivity index (χ4n) is 2.30. The molecule has 0 saturated heterocycles. The zero-order chi connectivity index (χ0) is 14.7. The Labute approximate surface area is 118 Å². The summed E-state index contributed by atoms with van der Waals surface area (Å²) in [6.45, 7) is 6.42. The number of benzene rings is 2. The SMILES string of the molecule is Cc1cc(C)cc(CNc2cc(C#N)cc(F)c2C)c1. The van der Waals surface area contributed by atoms with E-state index in [-0.39, 0.29) is 5.82 Å². The summed E-state index contributed by atoms with van der Waals surface area (Å²) >= 11 is 0. The minimum absolute atomic E-state index is 0.330. The molecule has 0 spiro atoms. The second kappa shape index (κ2) is 5.75. The van der Waals surface area contributed by atoms with Crippen molar-refractivity contribution in [3.05, 3.63) is 64.0 Å². The first-order valence-electron chi connectivity index (χ1n) is 6.51. The third-order valence-corrected chi connectivity index (χ3v) is 3.24. The van der Waals surface area contributed by atoms with Gasteiger partial charge < -0.3 is 5.32 Å². The Morgan fingerprint density at radius 1 is 1.05 bits per heavy atom. The van der Waals surface area contributed by atoms with Gasteiger partial charge in [0.15, 0.2) is 0 Å². The maximum Gasteiger partial charge on any atom is 0.129 e. The van der Waals surface area contributed by atoms with E-state index in [4.69, 9.17) is 5.26 Å². The summed E-state index contributed by atoms with van der Waals surface area (Å²) < 4.78 is 13.7. The van der Waals surface area contributed by atoms with Crippen LogP contribution < -0.4 is 5.32 Å². The minimum atomic E-state index is -0.355. The summed E-state index contributed by atoms with van der Waals surface area (Å²) in [4.78, 5) is 0. The van der Waals surface area contributed by atoms with Crippen LogP contribution in [-0.4, -0.2) is 0 Å². The van der Waals surface area contributed by atoms with Gasteiger partial charge in [0.25, 0.3) is 0 Å². The molecule has 3 heteroatoms. The van der Waals surface area contributed by atoms with E-state index in [1.807, 2.05) is 6.07 Å². The first kappa shape index (κ1) is 14.1. The molecule has 2 rings (SSSR count). The second-order valence-corrected chi connectivity index (χ2v) is 5.09. The van der Waals surface area contributed by atoms with Gasteiger partial charge in [-0.05, 0) is 38.5 Å². The summed E-state index contributed by atoms with van der Waals surface area (Å²) in [6.07, 6.45) is 0. The number of nitrogens with one attached hydrogen (secondary N) is 1. The maximum atomic E-state index is 13.7. The molecule has 0 atom stereocenters. The molecule has 0 amide bonds. The van der Waals surface area contributed by atoms with Gasteiger partial charge in [-0.25, -0.2) is 4.39 Å². The standard InChI is InChI=1S/C17H17FN2/c1-11-4-12(2)6-15(5-11)10-20-17-8-14(9-19)7-16(18)13(17)3/h4-8,20H,10H2,1-3H3. The zero-order valence-corrected chi connectivity index (χ0v) is 11.9. The van der Waals surface area contributed by atoms with E-state index >= 15 is 0 Å². The van der Waals surface area contributed by atoms with Gasteiger partial charge >= 0.3 is 0 Å². The van der Waals surface area contributed by atoms with Crippen LogP contribution in [-0.2, 0) is 6.54 Å². The van der Waals surface area contributed by atoms with Crippen LogP contribution in [0.3, 0.4) is 0 Å². The highest BCUT2D eigenvalue weighted by atomic mass is 19.1. The summed E-state index contributed by atoms with van der Waals surface area (Å²) in [5.74, 6) is -0.355. The first-order chi connectivity index (χ1) is 9.49. The van der Waals surface area contributed by atoms with E-state index in [2.05, 4.69) is 37.4 Å². The summed E-state index contributed by atoms with van der Waals surface area (Å²) in [5, 5.41) is 12.1. The molecular weight excluding hydrogens is 251 g/mol. The Balaban J connectivity index is 2.23. The molecule has 102 valence electrons. The number of aryl methyl sites for hydroxylation is 2. The smallest absolute Gasteiger partial charge is 0.129 e. The molecule has 1 N–H and O–H groups in total. The van der Waals surface area contributed by atoms with Crippen molar-refractivity contribution in [3.8, 4) is 6.07 Å². The lowest BCUT2D eigenvalue weighted by Gasteiger charge is -2.12. The molecule has 0 saturated carbocycles. The van der Waals surface area contributed by atoms with E-state index in [0.29, 0.717) is 23.4 Å². The molecule has 20 heavy (non-hydrogen) atoms. The van der Waals surface area contributed by atoms with Crippen LogP contribution in [0.4, 0.5) is 10.1 Å². The topological polar surface area (TPSA) is 35.8 Å². The lowest BCUT2D eigenvalue weighted by atomic mass is 10.1. The molecule has 0 heterocycles. The molecule has 0 aliphatic heterocycles. The summed E-state index contributed by atoms with van der Waals surface area (Å²) in [7, 11) is 0. The highest BCUT2D eigenvalue weighted by molar-refractivity contribution is 5.56. The molecule has 0 aliphatic rings. The quantitative estimate of drug-likeness (QED) is 0.904. The van der Waals surface area contributed by atoms with Gasteiger partial charge in [0.1, 0.15) is 5.82 Å². The Morgan fingerprint density at radius 3 is 2.30 bits per heavy atom. The summed E-state index contributed by atoms with van der Waals surface area (Å²) in [5.41, 5.74) is 5.08. The van der Waals surface area contributed by atoms with Crippen LogP contribution in [0, 0.1) is 37.9 Å². The fraction of sp³-hybridized carbons (Fsp3) is 0.235. The minimum Gasteiger partial charge on any atom is -0.381 e. The van der Waals surface area contributed by atoms with Crippen LogP contribution in [0.25, 0.3) is 0 Å². The molecule has 0 aromatic heterocycles. The molecule has 2 nitrogen and oxygen atoms in total. The van der Waals surface area contributed by atoms with Gasteiger partial charge in [0, 0.05) is 17.8 Å². The second-order valence-electron chi connectivity index (χ2n) is 5.09. The van der Waals surface area contributed by atoms with Gasteiger partial charge in [0.05, 0.1) is 11.6 Å². The number of nitrogens with zero attached hydrogens (tertiary/aromatic N) is 1. The normalized spacial score (nSPS) is 10.2. The number of hydrogen-bond acceptors (Lipinski definition) is 2. The lowest BCUT2D eigenvalue weighted by Crippen LogP contribution is -2.03. The third kappa shape index (κ3) is 3.16. The van der Waals surface area contributed by atoms with Gasteiger partial charge in [-0.15, -0.1) is 0 Å². The zero-order valence-electron chi connectivity index (χ0n) is 11.9. The lowest BCUT2D eigenvalue weighted by molar-refractivity contribution is 0.618. The largest absolute Gasteiger partial charge is 0.381 e.